The van der Waals surface area contributed by atoms with Crippen LogP contribution in [0.1, 0.15) is 0 Å². The van der Waals surface area contributed by atoms with Crippen molar-refractivity contribution in [1.82, 2.24) is 0 Å². The molecule has 0 amide bonds. The van der Waals surface area contributed by atoms with Gasteiger partial charge in [-0.05, 0) is 0 Å². The van der Waals surface area contributed by atoms with Crippen LogP contribution in [0.5, 0.6) is 0 Å². The van der Waals surface area contributed by atoms with E-state index in [4.69, 9.17) is 0 Å². The van der Waals surface area contributed by atoms with E-state index in [1.807, 2.05) is 24.3 Å². The Kier molecular flexibility index (Phi) is 2.90. The maximum Gasteiger partial charge on any atom is 0.0702 e. The molecule has 1 aliphatic rings. The molecule has 1 rings (SSSR count). The van der Waals surface area contributed by atoms with Crippen molar-refractivity contribution in [2.75, 3.05) is 0 Å². The molecule has 0 radical (unpaired) electrons. The zero-order valence-electron chi connectivity index (χ0n) is 5.44. The van der Waals surface area contributed by atoms with Crippen molar-refractivity contribution in [3.63, 3.8) is 0 Å². The monoisotopic (exact) mass is 152 g/mol. The van der Waals surface area contributed by atoms with Crippen molar-refractivity contribution in [3.8, 4) is 0 Å². The first-order valence-electron chi connectivity index (χ1n) is 2.97. The summed E-state index contributed by atoms with van der Waals surface area (Å²) in [5.41, 5.74) is 0. The smallest absolute Gasteiger partial charge is 0.0702 e. The maximum absolute atomic E-state index is 10.9. The van der Waals surface area contributed by atoms with Gasteiger partial charge >= 0.3 is 0 Å². The van der Waals surface area contributed by atoms with Crippen LogP contribution in [-0.2, 0) is 10.8 Å². The molecule has 0 atom stereocenters. The summed E-state index contributed by atoms with van der Waals surface area (Å²) in [4.78, 5) is 0. The molecule has 52 valence electrons. The Morgan fingerprint density at radius 2 is 1.10 bits per heavy atom. The molecule has 0 aromatic rings. The van der Waals surface area contributed by atoms with Gasteiger partial charge in [-0.3, -0.25) is 4.21 Å². The van der Waals surface area contributed by atoms with Gasteiger partial charge in [-0.1, -0.05) is 36.5 Å². The SMILES string of the molecule is O=S1C=CC=CC=CC=C1. The quantitative estimate of drug-likeness (QED) is 0.518. The molecule has 1 heterocycles. The van der Waals surface area contributed by atoms with Crippen molar-refractivity contribution in [2.24, 2.45) is 0 Å². The van der Waals surface area contributed by atoms with Crippen molar-refractivity contribution in [3.05, 3.63) is 47.3 Å². The predicted molar refractivity (Wildman–Crippen MR) is 44.7 cm³/mol. The van der Waals surface area contributed by atoms with Crippen LogP contribution >= 0.6 is 0 Å². The lowest BCUT2D eigenvalue weighted by Crippen LogP contribution is -1.71. The third-order valence-electron chi connectivity index (χ3n) is 0.981. The van der Waals surface area contributed by atoms with E-state index >= 15 is 0 Å². The van der Waals surface area contributed by atoms with Gasteiger partial charge in [0.15, 0.2) is 0 Å². The van der Waals surface area contributed by atoms with Gasteiger partial charge in [0.2, 0.25) is 0 Å². The molecule has 0 bridgehead atoms. The fourth-order valence-electron chi connectivity index (χ4n) is 0.548. The van der Waals surface area contributed by atoms with E-state index in [1.165, 1.54) is 0 Å². The van der Waals surface area contributed by atoms with Crippen LogP contribution in [0.4, 0.5) is 0 Å². The van der Waals surface area contributed by atoms with Gasteiger partial charge in [-0.2, -0.15) is 0 Å². The Balaban J connectivity index is 2.80. The molecule has 0 aromatic heterocycles. The highest BCUT2D eigenvalue weighted by Gasteiger charge is 1.81. The average molecular weight is 152 g/mol. The maximum atomic E-state index is 10.9. The highest BCUT2D eigenvalue weighted by atomic mass is 32.2. The molecule has 1 aliphatic heterocycles. The average Bonchev–Trinajstić information content (AvgIpc) is 2.02. The summed E-state index contributed by atoms with van der Waals surface area (Å²) in [6.45, 7) is 0. The molecule has 10 heavy (non-hydrogen) atoms. The molecule has 2 heteroatoms. The summed E-state index contributed by atoms with van der Waals surface area (Å²) in [6, 6.07) is 0. The molecule has 0 saturated heterocycles. The number of allylic oxidation sites excluding steroid dienone is 6. The number of hydrogen-bond acceptors (Lipinski definition) is 1. The highest BCUT2D eigenvalue weighted by Crippen LogP contribution is 1.92. The molecular weight excluding hydrogens is 144 g/mol. The van der Waals surface area contributed by atoms with Crippen LogP contribution in [0.3, 0.4) is 0 Å². The minimum absolute atomic E-state index is 0.943. The molecule has 0 aromatic carbocycles. The van der Waals surface area contributed by atoms with E-state index < -0.39 is 10.8 Å². The van der Waals surface area contributed by atoms with Gasteiger partial charge in [-0.15, -0.1) is 0 Å². The van der Waals surface area contributed by atoms with E-state index in [0.29, 0.717) is 0 Å². The summed E-state index contributed by atoms with van der Waals surface area (Å²) < 4.78 is 10.9. The molecule has 0 saturated carbocycles. The zero-order chi connectivity index (χ0) is 7.23. The van der Waals surface area contributed by atoms with E-state index in [-0.39, 0.29) is 0 Å². The minimum atomic E-state index is -0.943. The Labute approximate surface area is 62.9 Å². The van der Waals surface area contributed by atoms with Gasteiger partial charge in [0.1, 0.15) is 0 Å². The largest absolute Gasteiger partial charge is 0.250 e. The van der Waals surface area contributed by atoms with Crippen LogP contribution in [0.25, 0.3) is 0 Å². The first kappa shape index (κ1) is 7.22. The third kappa shape index (κ3) is 2.60. The Bertz CT molecular complexity index is 210. The number of hydrogen-bond donors (Lipinski definition) is 0. The van der Waals surface area contributed by atoms with Gasteiger partial charge in [0.05, 0.1) is 10.8 Å². The van der Waals surface area contributed by atoms with Crippen LogP contribution in [-0.4, -0.2) is 4.21 Å². The summed E-state index contributed by atoms with van der Waals surface area (Å²) in [5, 5.41) is 3.28. The summed E-state index contributed by atoms with van der Waals surface area (Å²) in [6.07, 6.45) is 11.0. The second kappa shape index (κ2) is 4.01. The molecule has 1 nitrogen and oxygen atoms in total. The van der Waals surface area contributed by atoms with Crippen LogP contribution in [0.2, 0.25) is 0 Å². The summed E-state index contributed by atoms with van der Waals surface area (Å²) in [5.74, 6) is 0. The highest BCUT2D eigenvalue weighted by molar-refractivity contribution is 7.90. The lowest BCUT2D eigenvalue weighted by atomic mass is 10.4. The normalized spacial score (nSPS) is 23.8. The zero-order valence-corrected chi connectivity index (χ0v) is 6.25. The van der Waals surface area contributed by atoms with Gasteiger partial charge in [0, 0.05) is 10.8 Å². The molecule has 0 spiro atoms. The van der Waals surface area contributed by atoms with E-state index in [2.05, 4.69) is 0 Å². The second-order valence-corrected chi connectivity index (χ2v) is 2.96. The molecular formula is C8H8OS. The van der Waals surface area contributed by atoms with Gasteiger partial charge < -0.3 is 0 Å². The van der Waals surface area contributed by atoms with Crippen molar-refractivity contribution in [2.45, 2.75) is 0 Å². The first-order valence-corrected chi connectivity index (χ1v) is 4.25. The fraction of sp³-hybridized carbons (Fsp3) is 0. The molecule has 0 N–H and O–H groups in total. The third-order valence-corrected chi connectivity index (χ3v) is 1.83. The second-order valence-electron chi connectivity index (χ2n) is 1.76. The minimum Gasteiger partial charge on any atom is -0.250 e. The molecule has 0 aliphatic carbocycles. The van der Waals surface area contributed by atoms with Crippen LogP contribution < -0.4 is 0 Å². The Morgan fingerprint density at radius 3 is 1.60 bits per heavy atom. The summed E-state index contributed by atoms with van der Waals surface area (Å²) >= 11 is 0. The predicted octanol–water partition coefficient (Wildman–Crippen LogP) is 1.89. The fourth-order valence-corrected chi connectivity index (χ4v) is 1.13. The lowest BCUT2D eigenvalue weighted by Gasteiger charge is -1.78. The topological polar surface area (TPSA) is 17.1 Å². The lowest BCUT2D eigenvalue weighted by molar-refractivity contribution is 0.693. The standard InChI is InChI=1S/C8H8OS/c9-10-7-5-3-1-2-4-6-8-10/h1-8H. The van der Waals surface area contributed by atoms with Crippen LogP contribution in [0.15, 0.2) is 47.3 Å². The Hall–Kier alpha value is -0.890. The van der Waals surface area contributed by atoms with Crippen LogP contribution in [0, 0.1) is 0 Å². The van der Waals surface area contributed by atoms with E-state index in [1.54, 1.807) is 23.0 Å². The van der Waals surface area contributed by atoms with E-state index in [0.717, 1.165) is 0 Å². The Morgan fingerprint density at radius 1 is 0.700 bits per heavy atom. The van der Waals surface area contributed by atoms with Crippen molar-refractivity contribution in [1.29, 1.82) is 0 Å². The van der Waals surface area contributed by atoms with Gasteiger partial charge in [0.25, 0.3) is 0 Å². The molecule has 0 unspecified atom stereocenters. The van der Waals surface area contributed by atoms with Crippen molar-refractivity contribution >= 4 is 10.8 Å². The van der Waals surface area contributed by atoms with E-state index in [9.17, 15) is 4.21 Å². The summed E-state index contributed by atoms with van der Waals surface area (Å²) in [7, 11) is -0.943. The number of rotatable bonds is 0. The van der Waals surface area contributed by atoms with Crippen molar-refractivity contribution < 1.29 is 4.21 Å². The van der Waals surface area contributed by atoms with Gasteiger partial charge in [-0.25, -0.2) is 0 Å². The molecule has 0 fully saturated rings. The first-order chi connectivity index (χ1) is 4.89.